The van der Waals surface area contributed by atoms with Crippen molar-refractivity contribution in [1.29, 1.82) is 0 Å². The maximum Gasteiger partial charge on any atom is 0.176 e. The summed E-state index contributed by atoms with van der Waals surface area (Å²) in [5.74, 6) is 0. The van der Waals surface area contributed by atoms with Gasteiger partial charge in [0.25, 0.3) is 0 Å². The molecule has 2 N–H and O–H groups in total. The lowest BCUT2D eigenvalue weighted by atomic mass is 9.81. The summed E-state index contributed by atoms with van der Waals surface area (Å²) in [5.41, 5.74) is -0.188. The lowest BCUT2D eigenvalue weighted by Gasteiger charge is -2.38. The van der Waals surface area contributed by atoms with Crippen LogP contribution in [0.25, 0.3) is 0 Å². The van der Waals surface area contributed by atoms with Gasteiger partial charge in [-0.3, -0.25) is 0 Å². The summed E-state index contributed by atoms with van der Waals surface area (Å²) in [6.45, 7) is 4.17. The lowest BCUT2D eigenvalue weighted by Crippen LogP contribution is -2.60. The van der Waals surface area contributed by atoms with Crippen LogP contribution in [0.2, 0.25) is 0 Å². The van der Waals surface area contributed by atoms with Gasteiger partial charge in [-0.05, 0) is 25.1 Å². The van der Waals surface area contributed by atoms with E-state index in [1.54, 1.807) is 0 Å². The minimum atomic E-state index is -0.188. The Labute approximate surface area is 94.5 Å². The first-order chi connectivity index (χ1) is 6.06. The second kappa shape index (κ2) is 3.94. The Kier molecular flexibility index (Phi) is 3.32. The molecule has 1 aliphatic heterocycles. The van der Waals surface area contributed by atoms with Crippen molar-refractivity contribution in [2.75, 3.05) is 0 Å². The topological polar surface area (TPSA) is 24.1 Å². The minimum absolute atomic E-state index is 0.188. The molecule has 1 aliphatic rings. The quantitative estimate of drug-likeness (QED) is 0.709. The second-order valence-corrected chi connectivity index (χ2v) is 4.25. The van der Waals surface area contributed by atoms with Crippen LogP contribution in [-0.4, -0.2) is 15.1 Å². The standard InChI is InChI=1S/C8H12N2S3/c1-3-8(4-2)5(11)9-7(13)10-6(8)12/h3-4H2,1-2H3,(H2,9,10,11,12,13). The molecule has 0 spiro atoms. The molecule has 2 nitrogen and oxygen atoms in total. The molecule has 0 amide bonds. The van der Waals surface area contributed by atoms with Gasteiger partial charge in [0.1, 0.15) is 0 Å². The third-order valence-corrected chi connectivity index (χ3v) is 3.72. The summed E-state index contributed by atoms with van der Waals surface area (Å²) in [6, 6.07) is 0. The molecule has 0 unspecified atom stereocenters. The van der Waals surface area contributed by atoms with E-state index in [9.17, 15) is 0 Å². The molecular weight excluding hydrogens is 220 g/mol. The zero-order valence-corrected chi connectivity index (χ0v) is 10.1. The average molecular weight is 232 g/mol. The number of hydrogen-bond acceptors (Lipinski definition) is 3. The first kappa shape index (κ1) is 10.9. The molecule has 0 aliphatic carbocycles. The highest BCUT2D eigenvalue weighted by Gasteiger charge is 2.39. The molecule has 0 saturated carbocycles. The van der Waals surface area contributed by atoms with Crippen LogP contribution in [0.15, 0.2) is 0 Å². The van der Waals surface area contributed by atoms with Gasteiger partial charge >= 0.3 is 0 Å². The zero-order chi connectivity index (χ0) is 10.1. The van der Waals surface area contributed by atoms with Crippen molar-refractivity contribution in [3.63, 3.8) is 0 Å². The predicted octanol–water partition coefficient (Wildman–Crippen LogP) is 1.93. The van der Waals surface area contributed by atoms with Crippen LogP contribution in [-0.2, 0) is 0 Å². The Morgan fingerprint density at radius 1 is 1.00 bits per heavy atom. The van der Waals surface area contributed by atoms with E-state index in [4.69, 9.17) is 36.7 Å². The first-order valence-corrected chi connectivity index (χ1v) is 5.46. The van der Waals surface area contributed by atoms with Crippen LogP contribution >= 0.6 is 36.7 Å². The fourth-order valence-corrected chi connectivity index (χ4v) is 2.86. The summed E-state index contributed by atoms with van der Waals surface area (Å²) in [5, 5.41) is 6.45. The predicted molar refractivity (Wildman–Crippen MR) is 67.1 cm³/mol. The van der Waals surface area contributed by atoms with Crippen molar-refractivity contribution in [2.45, 2.75) is 26.7 Å². The summed E-state index contributed by atoms with van der Waals surface area (Å²) in [4.78, 5) is 1.51. The van der Waals surface area contributed by atoms with E-state index >= 15 is 0 Å². The van der Waals surface area contributed by atoms with E-state index in [2.05, 4.69) is 24.5 Å². The molecule has 0 atom stereocenters. The van der Waals surface area contributed by atoms with Crippen molar-refractivity contribution < 1.29 is 0 Å². The maximum atomic E-state index is 5.27. The van der Waals surface area contributed by atoms with E-state index in [0.717, 1.165) is 22.8 Å². The molecule has 0 aromatic carbocycles. The second-order valence-electron chi connectivity index (χ2n) is 3.03. The Balaban J connectivity index is 3.01. The SMILES string of the molecule is CCC1(CC)C(=S)NC(=S)NC1=S. The van der Waals surface area contributed by atoms with Crippen LogP contribution in [0.1, 0.15) is 26.7 Å². The van der Waals surface area contributed by atoms with Gasteiger partial charge in [-0.1, -0.05) is 38.3 Å². The number of hydrogen-bond donors (Lipinski definition) is 2. The fourth-order valence-electron chi connectivity index (χ4n) is 1.47. The highest BCUT2D eigenvalue weighted by Crippen LogP contribution is 2.30. The third kappa shape index (κ3) is 1.73. The van der Waals surface area contributed by atoms with E-state index in [1.165, 1.54) is 0 Å². The molecular formula is C8H12N2S3. The number of thiocarbonyl (C=S) groups is 3. The zero-order valence-electron chi connectivity index (χ0n) is 7.64. The van der Waals surface area contributed by atoms with Crippen LogP contribution in [0, 0.1) is 5.41 Å². The largest absolute Gasteiger partial charge is 0.326 e. The van der Waals surface area contributed by atoms with Crippen LogP contribution in [0.3, 0.4) is 0 Å². The first-order valence-electron chi connectivity index (χ1n) is 4.23. The summed E-state index contributed by atoms with van der Waals surface area (Å²) in [6.07, 6.45) is 1.81. The van der Waals surface area contributed by atoms with Gasteiger partial charge in [-0.25, -0.2) is 0 Å². The summed E-state index contributed by atoms with van der Waals surface area (Å²) < 4.78 is 0. The van der Waals surface area contributed by atoms with Crippen LogP contribution in [0.4, 0.5) is 0 Å². The normalized spacial score (nSPS) is 20.9. The smallest absolute Gasteiger partial charge is 0.176 e. The fraction of sp³-hybridized carbons (Fsp3) is 0.625. The average Bonchev–Trinajstić information content (AvgIpc) is 2.05. The van der Waals surface area contributed by atoms with Crippen molar-refractivity contribution in [3.8, 4) is 0 Å². The van der Waals surface area contributed by atoms with E-state index in [-0.39, 0.29) is 5.41 Å². The van der Waals surface area contributed by atoms with Crippen molar-refractivity contribution in [2.24, 2.45) is 5.41 Å². The number of rotatable bonds is 2. The third-order valence-electron chi connectivity index (χ3n) is 2.53. The Morgan fingerprint density at radius 2 is 1.38 bits per heavy atom. The Morgan fingerprint density at radius 3 is 1.69 bits per heavy atom. The van der Waals surface area contributed by atoms with Crippen molar-refractivity contribution >= 4 is 51.7 Å². The molecule has 1 heterocycles. The van der Waals surface area contributed by atoms with Gasteiger partial charge in [0.05, 0.1) is 15.4 Å². The Hall–Kier alpha value is -0.130. The van der Waals surface area contributed by atoms with Crippen LogP contribution < -0.4 is 10.6 Å². The molecule has 1 fully saturated rings. The molecule has 13 heavy (non-hydrogen) atoms. The molecule has 5 heteroatoms. The van der Waals surface area contributed by atoms with Gasteiger partial charge in [0, 0.05) is 0 Å². The lowest BCUT2D eigenvalue weighted by molar-refractivity contribution is 0.522. The van der Waals surface area contributed by atoms with E-state index in [0.29, 0.717) is 5.11 Å². The highest BCUT2D eigenvalue weighted by molar-refractivity contribution is 7.83. The summed E-state index contributed by atoms with van der Waals surface area (Å²) >= 11 is 15.5. The molecule has 0 aromatic heterocycles. The molecule has 0 bridgehead atoms. The van der Waals surface area contributed by atoms with Crippen molar-refractivity contribution in [3.05, 3.63) is 0 Å². The van der Waals surface area contributed by atoms with Crippen LogP contribution in [0.5, 0.6) is 0 Å². The van der Waals surface area contributed by atoms with Gasteiger partial charge in [0.2, 0.25) is 0 Å². The molecule has 1 rings (SSSR count). The molecule has 0 radical (unpaired) electrons. The van der Waals surface area contributed by atoms with E-state index < -0.39 is 0 Å². The van der Waals surface area contributed by atoms with Gasteiger partial charge in [-0.2, -0.15) is 0 Å². The minimum Gasteiger partial charge on any atom is -0.326 e. The van der Waals surface area contributed by atoms with E-state index in [1.807, 2.05) is 0 Å². The van der Waals surface area contributed by atoms with Gasteiger partial charge in [-0.15, -0.1) is 0 Å². The van der Waals surface area contributed by atoms with Gasteiger partial charge < -0.3 is 10.6 Å². The van der Waals surface area contributed by atoms with Crippen molar-refractivity contribution in [1.82, 2.24) is 10.6 Å². The number of nitrogens with one attached hydrogen (secondary N) is 2. The Bertz CT molecular complexity index is 247. The highest BCUT2D eigenvalue weighted by atomic mass is 32.1. The molecule has 1 saturated heterocycles. The molecule has 72 valence electrons. The summed E-state index contributed by atoms with van der Waals surface area (Å²) in [7, 11) is 0. The van der Waals surface area contributed by atoms with Gasteiger partial charge in [0.15, 0.2) is 5.11 Å². The monoisotopic (exact) mass is 232 g/mol. The molecule has 0 aromatic rings. The maximum absolute atomic E-state index is 5.27.